The zero-order valence-corrected chi connectivity index (χ0v) is 42.4. The molecule has 0 fully saturated rings. The molecule has 0 radical (unpaired) electrons. The quantitative estimate of drug-likeness (QED) is 0.161. The van der Waals surface area contributed by atoms with E-state index in [1.165, 1.54) is 127 Å². The third kappa shape index (κ3) is 5.15. The van der Waals surface area contributed by atoms with Gasteiger partial charge in [-0.3, -0.25) is 0 Å². The van der Waals surface area contributed by atoms with Crippen molar-refractivity contribution < 1.29 is 0 Å². The summed E-state index contributed by atoms with van der Waals surface area (Å²) in [7, 11) is 0. The maximum absolute atomic E-state index is 5.95. The van der Waals surface area contributed by atoms with Crippen molar-refractivity contribution in [1.29, 1.82) is 0 Å². The van der Waals surface area contributed by atoms with Crippen LogP contribution in [0.5, 0.6) is 0 Å². The van der Waals surface area contributed by atoms with Gasteiger partial charge in [0.15, 0.2) is 0 Å². The fourth-order valence-corrected chi connectivity index (χ4v) is 15.7. The van der Waals surface area contributed by atoms with E-state index in [1.807, 2.05) is 0 Å². The van der Waals surface area contributed by atoms with Crippen LogP contribution in [0.2, 0.25) is 0 Å². The lowest BCUT2D eigenvalue weighted by Crippen LogP contribution is -2.25. The lowest BCUT2D eigenvalue weighted by Gasteiger charge is -2.30. The second-order valence-corrected chi connectivity index (χ2v) is 21.8. The molecule has 0 aliphatic heterocycles. The van der Waals surface area contributed by atoms with Gasteiger partial charge >= 0.3 is 0 Å². The second-order valence-electron chi connectivity index (χ2n) is 21.8. The van der Waals surface area contributed by atoms with Gasteiger partial charge in [0.2, 0.25) is 0 Å². The van der Waals surface area contributed by atoms with Crippen molar-refractivity contribution in [3.8, 4) is 78.0 Å². The van der Waals surface area contributed by atoms with E-state index < -0.39 is 10.8 Å². The van der Waals surface area contributed by atoms with Crippen molar-refractivity contribution in [2.45, 2.75) is 10.8 Å². The maximum Gasteiger partial charge on any atom is 0.0800 e. The fraction of sp³-hybridized carbons (Fsp3) is 0.0260. The van der Waals surface area contributed by atoms with Crippen LogP contribution in [0, 0.1) is 0 Å². The Kier molecular flexibility index (Phi) is 8.32. The molecular formula is C77H45N. The van der Waals surface area contributed by atoms with Gasteiger partial charge in [-0.1, -0.05) is 255 Å². The SMILES string of the molecule is c1ccc2c(c1)-c1ccccc1C21c2ccccc2-c2c(-c3cc(-c4cccc5c4-c4ccccc4C54c5ccccc5-c5ccccc54)cc(-c4nc5c6ccccc6c6ccccc6c5c5ccccc45)c3)cccc21. The number of rotatable bonds is 3. The molecular weight excluding hydrogens is 939 g/mol. The topological polar surface area (TPSA) is 12.9 Å². The zero-order valence-electron chi connectivity index (χ0n) is 42.4. The number of hydrogen-bond acceptors (Lipinski definition) is 1. The van der Waals surface area contributed by atoms with Gasteiger partial charge in [0.1, 0.15) is 0 Å². The zero-order chi connectivity index (χ0) is 50.8. The van der Waals surface area contributed by atoms with Crippen LogP contribution in [0.25, 0.3) is 121 Å². The van der Waals surface area contributed by atoms with Crippen LogP contribution >= 0.6 is 0 Å². The van der Waals surface area contributed by atoms with Crippen molar-refractivity contribution in [2.24, 2.45) is 0 Å². The Hall–Kier alpha value is -9.95. The van der Waals surface area contributed by atoms with E-state index in [-0.39, 0.29) is 0 Å². The summed E-state index contributed by atoms with van der Waals surface area (Å²) in [6.45, 7) is 0. The van der Waals surface area contributed by atoms with Gasteiger partial charge in [-0.05, 0) is 151 Å². The summed E-state index contributed by atoms with van der Waals surface area (Å²) in [5.41, 5.74) is 28.0. The van der Waals surface area contributed by atoms with Crippen LogP contribution in [0.3, 0.4) is 0 Å². The first-order chi connectivity index (χ1) is 38.7. The lowest BCUT2D eigenvalue weighted by atomic mass is 9.70. The van der Waals surface area contributed by atoms with E-state index in [0.29, 0.717) is 0 Å². The predicted octanol–water partition coefficient (Wildman–Crippen LogP) is 19.4. The molecule has 13 aromatic carbocycles. The van der Waals surface area contributed by atoms with Crippen molar-refractivity contribution in [3.63, 3.8) is 0 Å². The minimum atomic E-state index is -0.471. The van der Waals surface area contributed by atoms with E-state index in [9.17, 15) is 0 Å². The standard InChI is InChI=1S/C77H45N/c1-3-27-57-51(21-1)52-22-2-5-29-59(52)75-73(57)58-28-4-6-30-60(58)74(78-75)48-44-46(49-33-19-41-69-71(49)61-31-11-17-39-67(61)76(69)63-35-13-7-23-53(63)54-24-8-14-36-64(54)76)43-47(45-48)50-34-20-42-70-72(50)62-32-12-18-40-68(62)77(70)65-37-15-9-25-55(65)56-26-10-16-38-66(56)77/h1-45H. The molecule has 0 amide bonds. The van der Waals surface area contributed by atoms with Crippen LogP contribution in [-0.4, -0.2) is 4.98 Å². The maximum atomic E-state index is 5.95. The van der Waals surface area contributed by atoms with Crippen molar-refractivity contribution in [3.05, 3.63) is 317 Å². The molecule has 2 spiro atoms. The lowest BCUT2D eigenvalue weighted by molar-refractivity contribution is 0.794. The molecule has 14 aromatic rings. The molecule has 358 valence electrons. The Labute approximate surface area is 452 Å². The minimum Gasteiger partial charge on any atom is -0.246 e. The molecule has 0 saturated heterocycles. The monoisotopic (exact) mass is 983 g/mol. The first-order valence-corrected chi connectivity index (χ1v) is 27.4. The van der Waals surface area contributed by atoms with Crippen LogP contribution in [-0.2, 0) is 10.8 Å². The smallest absolute Gasteiger partial charge is 0.0800 e. The Balaban J connectivity index is 0.965. The molecule has 0 N–H and O–H groups in total. The summed E-state index contributed by atoms with van der Waals surface area (Å²) in [5.74, 6) is 0. The molecule has 1 aromatic heterocycles. The molecule has 1 heteroatoms. The van der Waals surface area contributed by atoms with Crippen molar-refractivity contribution in [2.75, 3.05) is 0 Å². The van der Waals surface area contributed by atoms with Gasteiger partial charge < -0.3 is 0 Å². The minimum absolute atomic E-state index is 0.471. The molecule has 4 aliphatic carbocycles. The van der Waals surface area contributed by atoms with E-state index in [0.717, 1.165) is 38.7 Å². The number of aromatic nitrogens is 1. The fourth-order valence-electron chi connectivity index (χ4n) is 15.7. The molecule has 78 heavy (non-hydrogen) atoms. The van der Waals surface area contributed by atoms with Gasteiger partial charge in [-0.15, -0.1) is 0 Å². The summed E-state index contributed by atoms with van der Waals surface area (Å²) in [6.07, 6.45) is 0. The first-order valence-electron chi connectivity index (χ1n) is 27.4. The van der Waals surface area contributed by atoms with Crippen LogP contribution < -0.4 is 0 Å². The van der Waals surface area contributed by atoms with E-state index in [1.54, 1.807) is 0 Å². The predicted molar refractivity (Wildman–Crippen MR) is 323 cm³/mol. The molecule has 1 heterocycles. The number of pyridine rings is 1. The van der Waals surface area contributed by atoms with Crippen molar-refractivity contribution in [1.82, 2.24) is 4.98 Å². The number of benzene rings is 13. The first kappa shape index (κ1) is 42.3. The highest BCUT2D eigenvalue weighted by Gasteiger charge is 2.53. The molecule has 0 unspecified atom stereocenters. The molecule has 1 nitrogen and oxygen atoms in total. The molecule has 18 rings (SSSR count). The molecule has 4 aliphatic rings. The highest BCUT2D eigenvalue weighted by Crippen LogP contribution is 2.66. The summed E-state index contributed by atoms with van der Waals surface area (Å²) >= 11 is 0. The Morgan fingerprint density at radius 3 is 0.962 bits per heavy atom. The van der Waals surface area contributed by atoms with Gasteiger partial charge in [0, 0.05) is 21.7 Å². The molecule has 0 atom stereocenters. The van der Waals surface area contributed by atoms with Gasteiger partial charge in [-0.2, -0.15) is 0 Å². The Morgan fingerprint density at radius 1 is 0.218 bits per heavy atom. The van der Waals surface area contributed by atoms with E-state index >= 15 is 0 Å². The molecule has 0 bridgehead atoms. The average molecular weight is 984 g/mol. The van der Waals surface area contributed by atoms with Crippen LogP contribution in [0.15, 0.2) is 273 Å². The number of nitrogens with zero attached hydrogens (tertiary/aromatic N) is 1. The number of fused-ring (bicyclic) bond motifs is 28. The van der Waals surface area contributed by atoms with Crippen molar-refractivity contribution >= 4 is 43.2 Å². The second kappa shape index (κ2) is 15.3. The summed E-state index contributed by atoms with van der Waals surface area (Å²) < 4.78 is 0. The van der Waals surface area contributed by atoms with E-state index in [2.05, 4.69) is 273 Å². The Bertz CT molecular complexity index is 4690. The normalized spacial score (nSPS) is 14.1. The highest BCUT2D eigenvalue weighted by atomic mass is 14.7. The summed E-state index contributed by atoms with van der Waals surface area (Å²) in [6, 6.07) is 103. The highest BCUT2D eigenvalue weighted by molar-refractivity contribution is 6.31. The van der Waals surface area contributed by atoms with Crippen LogP contribution in [0.4, 0.5) is 0 Å². The summed E-state index contributed by atoms with van der Waals surface area (Å²) in [5, 5.41) is 8.38. The number of hydrogen-bond donors (Lipinski definition) is 0. The molecule has 0 saturated carbocycles. The van der Waals surface area contributed by atoms with E-state index in [4.69, 9.17) is 4.98 Å². The summed E-state index contributed by atoms with van der Waals surface area (Å²) in [4.78, 5) is 5.95. The average Bonchev–Trinajstić information content (AvgIpc) is 3.39. The third-order valence-corrected chi connectivity index (χ3v) is 18.5. The third-order valence-electron chi connectivity index (χ3n) is 18.5. The largest absolute Gasteiger partial charge is 0.246 e. The van der Waals surface area contributed by atoms with Crippen LogP contribution in [0.1, 0.15) is 44.5 Å². The Morgan fingerprint density at radius 2 is 0.513 bits per heavy atom. The van der Waals surface area contributed by atoms with Gasteiger partial charge in [0.25, 0.3) is 0 Å². The van der Waals surface area contributed by atoms with Gasteiger partial charge in [-0.25, -0.2) is 4.98 Å². The van der Waals surface area contributed by atoms with Gasteiger partial charge in [0.05, 0.1) is 22.0 Å².